The highest BCUT2D eigenvalue weighted by atomic mass is 16.5. The number of hydrazone groups is 1. The first-order valence-electron chi connectivity index (χ1n) is 8.56. The van der Waals surface area contributed by atoms with Crippen LogP contribution in [0.5, 0.6) is 17.2 Å². The number of para-hydroxylation sites is 1. The zero-order valence-electron chi connectivity index (χ0n) is 16.1. The summed E-state index contributed by atoms with van der Waals surface area (Å²) >= 11 is 0. The van der Waals surface area contributed by atoms with E-state index in [2.05, 4.69) is 21.8 Å². The number of nitrogens with zero attached hydrogens (tertiary/aromatic N) is 1. The minimum Gasteiger partial charge on any atom is -0.497 e. The molecule has 0 radical (unpaired) electrons. The molecule has 0 fully saturated rings. The highest BCUT2D eigenvalue weighted by Crippen LogP contribution is 2.29. The molecular formula is C21H21N3O5. The normalized spacial score (nSPS) is 10.1. The molecular weight excluding hydrogens is 374 g/mol. The topological polar surface area (TPSA) is 98.2 Å². The molecule has 8 heteroatoms. The van der Waals surface area contributed by atoms with Crippen molar-refractivity contribution in [2.45, 2.75) is 6.42 Å². The zero-order chi connectivity index (χ0) is 21.1. The molecule has 0 aliphatic carbocycles. The lowest BCUT2D eigenvalue weighted by Crippen LogP contribution is -2.24. The third-order valence-corrected chi connectivity index (χ3v) is 3.62. The average Bonchev–Trinajstić information content (AvgIpc) is 2.73. The van der Waals surface area contributed by atoms with Crippen LogP contribution in [0.25, 0.3) is 0 Å². The van der Waals surface area contributed by atoms with Crippen molar-refractivity contribution >= 4 is 23.7 Å². The molecule has 0 saturated heterocycles. The standard InChI is InChI=1S/C21H21N3O5/c1-4-12-29-21-15(6-5-7-18(21)28-3)14-22-24-20(26)13-19(25)23-16-8-10-17(27-2)11-9-16/h1,5-11,14H,12-13H2,2-3H3,(H,23,25)(H,24,26). The Morgan fingerprint density at radius 2 is 1.86 bits per heavy atom. The number of nitrogens with one attached hydrogen (secondary N) is 2. The summed E-state index contributed by atoms with van der Waals surface area (Å²) in [7, 11) is 3.05. The maximum absolute atomic E-state index is 12.0. The number of carbonyl (C=O) groups is 2. The van der Waals surface area contributed by atoms with Gasteiger partial charge in [0.15, 0.2) is 11.5 Å². The lowest BCUT2D eigenvalue weighted by Gasteiger charge is -2.11. The highest BCUT2D eigenvalue weighted by Gasteiger charge is 2.11. The Balaban J connectivity index is 1.92. The number of hydrogen-bond acceptors (Lipinski definition) is 6. The Morgan fingerprint density at radius 1 is 1.10 bits per heavy atom. The van der Waals surface area contributed by atoms with Gasteiger partial charge in [-0.2, -0.15) is 5.10 Å². The Labute approximate surface area is 168 Å². The van der Waals surface area contributed by atoms with E-state index in [1.165, 1.54) is 13.3 Å². The molecule has 2 N–H and O–H groups in total. The van der Waals surface area contributed by atoms with Crippen LogP contribution >= 0.6 is 0 Å². The minimum absolute atomic E-state index is 0.0547. The van der Waals surface area contributed by atoms with Gasteiger partial charge in [0, 0.05) is 11.3 Å². The number of hydrogen-bond donors (Lipinski definition) is 2. The molecule has 2 aromatic rings. The number of benzene rings is 2. The Bertz CT molecular complexity index is 917. The molecule has 150 valence electrons. The van der Waals surface area contributed by atoms with Crippen LogP contribution < -0.4 is 25.0 Å². The fraction of sp³-hybridized carbons (Fsp3) is 0.190. The largest absolute Gasteiger partial charge is 0.497 e. The fourth-order valence-electron chi connectivity index (χ4n) is 2.30. The number of rotatable bonds is 9. The Hall–Kier alpha value is -3.99. The summed E-state index contributed by atoms with van der Waals surface area (Å²) < 4.78 is 15.8. The fourth-order valence-corrected chi connectivity index (χ4v) is 2.30. The van der Waals surface area contributed by atoms with Crippen molar-refractivity contribution < 1.29 is 23.8 Å². The molecule has 2 aromatic carbocycles. The predicted molar refractivity (Wildman–Crippen MR) is 109 cm³/mol. The molecule has 29 heavy (non-hydrogen) atoms. The second-order valence-corrected chi connectivity index (χ2v) is 5.62. The van der Waals surface area contributed by atoms with E-state index in [-0.39, 0.29) is 13.0 Å². The van der Waals surface area contributed by atoms with Crippen LogP contribution in [-0.4, -0.2) is 38.9 Å². The summed E-state index contributed by atoms with van der Waals surface area (Å²) in [4.78, 5) is 23.9. The lowest BCUT2D eigenvalue weighted by molar-refractivity contribution is -0.126. The van der Waals surface area contributed by atoms with E-state index in [0.29, 0.717) is 28.5 Å². The highest BCUT2D eigenvalue weighted by molar-refractivity contribution is 6.03. The van der Waals surface area contributed by atoms with Gasteiger partial charge in [0.2, 0.25) is 11.8 Å². The van der Waals surface area contributed by atoms with Crippen LogP contribution in [0.2, 0.25) is 0 Å². The summed E-state index contributed by atoms with van der Waals surface area (Å²) in [5.74, 6) is 2.89. The van der Waals surface area contributed by atoms with E-state index in [4.69, 9.17) is 20.6 Å². The first kappa shape index (κ1) is 21.3. The third-order valence-electron chi connectivity index (χ3n) is 3.62. The second-order valence-electron chi connectivity index (χ2n) is 5.62. The lowest BCUT2D eigenvalue weighted by atomic mass is 10.2. The molecule has 0 aromatic heterocycles. The molecule has 0 saturated carbocycles. The maximum Gasteiger partial charge on any atom is 0.249 e. The van der Waals surface area contributed by atoms with Crippen LogP contribution in [0.4, 0.5) is 5.69 Å². The second kappa shape index (κ2) is 11.0. The van der Waals surface area contributed by atoms with Crippen molar-refractivity contribution in [2.24, 2.45) is 5.10 Å². The van der Waals surface area contributed by atoms with Gasteiger partial charge in [-0.3, -0.25) is 9.59 Å². The summed E-state index contributed by atoms with van der Waals surface area (Å²) in [6.45, 7) is 0.0547. The molecule has 8 nitrogen and oxygen atoms in total. The van der Waals surface area contributed by atoms with E-state index in [1.807, 2.05) is 0 Å². The summed E-state index contributed by atoms with van der Waals surface area (Å²) in [5, 5.41) is 6.48. The SMILES string of the molecule is C#CCOc1c(C=NNC(=O)CC(=O)Nc2ccc(OC)cc2)cccc1OC. The number of terminal acetylenes is 1. The van der Waals surface area contributed by atoms with Crippen molar-refractivity contribution in [3.8, 4) is 29.6 Å². The quantitative estimate of drug-likeness (QED) is 0.294. The van der Waals surface area contributed by atoms with Crippen molar-refractivity contribution in [1.82, 2.24) is 5.43 Å². The molecule has 2 rings (SSSR count). The Morgan fingerprint density at radius 3 is 2.52 bits per heavy atom. The van der Waals surface area contributed by atoms with E-state index in [9.17, 15) is 9.59 Å². The number of methoxy groups -OCH3 is 2. The molecule has 0 heterocycles. The molecule has 2 amide bonds. The maximum atomic E-state index is 12.0. The Kier molecular flexibility index (Phi) is 8.08. The van der Waals surface area contributed by atoms with Crippen LogP contribution in [0, 0.1) is 12.3 Å². The van der Waals surface area contributed by atoms with Crippen molar-refractivity contribution in [2.75, 3.05) is 26.1 Å². The van der Waals surface area contributed by atoms with Crippen molar-refractivity contribution in [3.63, 3.8) is 0 Å². The number of anilines is 1. The predicted octanol–water partition coefficient (Wildman–Crippen LogP) is 2.19. The van der Waals surface area contributed by atoms with Crippen LogP contribution in [0.3, 0.4) is 0 Å². The van der Waals surface area contributed by atoms with Gasteiger partial charge < -0.3 is 19.5 Å². The number of carbonyl (C=O) groups excluding carboxylic acids is 2. The first-order chi connectivity index (χ1) is 14.1. The molecule has 0 aliphatic rings. The number of amides is 2. The first-order valence-corrected chi connectivity index (χ1v) is 8.56. The van der Waals surface area contributed by atoms with Crippen LogP contribution in [-0.2, 0) is 9.59 Å². The summed E-state index contributed by atoms with van der Waals surface area (Å²) in [5.41, 5.74) is 3.41. The number of ether oxygens (including phenoxy) is 3. The van der Waals surface area contributed by atoms with Gasteiger partial charge in [0.25, 0.3) is 0 Å². The van der Waals surface area contributed by atoms with Gasteiger partial charge in [-0.15, -0.1) is 6.42 Å². The van der Waals surface area contributed by atoms with E-state index in [0.717, 1.165) is 0 Å². The van der Waals surface area contributed by atoms with E-state index < -0.39 is 11.8 Å². The van der Waals surface area contributed by atoms with Crippen molar-refractivity contribution in [3.05, 3.63) is 48.0 Å². The van der Waals surface area contributed by atoms with Crippen LogP contribution in [0.15, 0.2) is 47.6 Å². The van der Waals surface area contributed by atoms with Gasteiger partial charge in [-0.25, -0.2) is 5.43 Å². The molecule has 0 atom stereocenters. The van der Waals surface area contributed by atoms with Gasteiger partial charge in [-0.05, 0) is 36.4 Å². The molecule has 0 spiro atoms. The van der Waals surface area contributed by atoms with Gasteiger partial charge in [-0.1, -0.05) is 12.0 Å². The molecule has 0 aliphatic heterocycles. The average molecular weight is 395 g/mol. The van der Waals surface area contributed by atoms with Gasteiger partial charge >= 0.3 is 0 Å². The molecule has 0 unspecified atom stereocenters. The smallest absolute Gasteiger partial charge is 0.249 e. The minimum atomic E-state index is -0.568. The van der Waals surface area contributed by atoms with Gasteiger partial charge in [0.1, 0.15) is 18.8 Å². The monoisotopic (exact) mass is 395 g/mol. The van der Waals surface area contributed by atoms with E-state index >= 15 is 0 Å². The summed E-state index contributed by atoms with van der Waals surface area (Å²) in [6, 6.07) is 11.9. The summed E-state index contributed by atoms with van der Waals surface area (Å²) in [6.07, 6.45) is 6.22. The zero-order valence-corrected chi connectivity index (χ0v) is 16.1. The third kappa shape index (κ3) is 6.59. The van der Waals surface area contributed by atoms with Gasteiger partial charge in [0.05, 0.1) is 20.4 Å². The van der Waals surface area contributed by atoms with E-state index in [1.54, 1.807) is 49.6 Å². The van der Waals surface area contributed by atoms with Crippen molar-refractivity contribution in [1.29, 1.82) is 0 Å². The van der Waals surface area contributed by atoms with Crippen LogP contribution in [0.1, 0.15) is 12.0 Å². The molecule has 0 bridgehead atoms.